The van der Waals surface area contributed by atoms with Crippen molar-refractivity contribution in [3.63, 3.8) is 0 Å². The first-order valence-corrected chi connectivity index (χ1v) is 10.4. The molecule has 2 aromatic carbocycles. The molecule has 1 aromatic heterocycles. The normalized spacial score (nSPS) is 10.6. The first-order valence-electron chi connectivity index (χ1n) is 10.1. The summed E-state index contributed by atoms with van der Waals surface area (Å²) >= 11 is 5.73. The number of phenolic OH excluding ortho intramolecular Hbond substituents is 1. The number of nitrogens with two attached hydrogens (primary N) is 1. The van der Waals surface area contributed by atoms with Crippen molar-refractivity contribution in [1.82, 2.24) is 9.13 Å². The summed E-state index contributed by atoms with van der Waals surface area (Å²) in [5.41, 5.74) is 3.71. The zero-order valence-electron chi connectivity index (χ0n) is 18.4. The molecule has 1 heterocycles. The molecule has 0 saturated carbocycles. The van der Waals surface area contributed by atoms with Crippen molar-refractivity contribution in [1.29, 1.82) is 0 Å². The standard InChI is InChI=1S/C23H20ClN3O8/c1-34-18(30)11-27-21(31)19(20(25)26(23(27)33)10-13-5-3-2-4-6-13)17(29)12-35-22(32)15-8-7-14(24)9-16(15)28/h2-9,28H,10-12,25H2,1H3. The van der Waals surface area contributed by atoms with Gasteiger partial charge in [-0.3, -0.25) is 19.0 Å². The third-order valence-corrected chi connectivity index (χ3v) is 5.19. The summed E-state index contributed by atoms with van der Waals surface area (Å²) < 4.78 is 10.9. The summed E-state index contributed by atoms with van der Waals surface area (Å²) in [5, 5.41) is 10.0. The number of rotatable bonds is 8. The second kappa shape index (κ2) is 10.7. The van der Waals surface area contributed by atoms with E-state index in [4.69, 9.17) is 22.1 Å². The number of carbonyl (C=O) groups is 3. The molecule has 0 aliphatic heterocycles. The van der Waals surface area contributed by atoms with Gasteiger partial charge in [-0.15, -0.1) is 0 Å². The molecule has 182 valence electrons. The van der Waals surface area contributed by atoms with Gasteiger partial charge in [-0.1, -0.05) is 41.9 Å². The molecule has 0 aliphatic rings. The van der Waals surface area contributed by atoms with Gasteiger partial charge in [0, 0.05) is 5.02 Å². The second-order valence-electron chi connectivity index (χ2n) is 7.24. The number of ketones is 1. The Bertz CT molecular complexity index is 1410. The second-order valence-corrected chi connectivity index (χ2v) is 7.68. The lowest BCUT2D eigenvalue weighted by molar-refractivity contribution is -0.141. The highest BCUT2D eigenvalue weighted by Gasteiger charge is 2.25. The Balaban J connectivity index is 1.99. The monoisotopic (exact) mass is 501 g/mol. The fourth-order valence-electron chi connectivity index (χ4n) is 3.19. The number of anilines is 1. The van der Waals surface area contributed by atoms with Gasteiger partial charge < -0.3 is 20.3 Å². The van der Waals surface area contributed by atoms with E-state index >= 15 is 0 Å². The van der Waals surface area contributed by atoms with Crippen molar-refractivity contribution in [3.8, 4) is 5.75 Å². The predicted octanol–water partition coefficient (Wildman–Crippen LogP) is 1.21. The van der Waals surface area contributed by atoms with Crippen LogP contribution in [0.3, 0.4) is 0 Å². The van der Waals surface area contributed by atoms with Crippen LogP contribution in [-0.4, -0.2) is 45.7 Å². The number of phenols is 1. The zero-order chi connectivity index (χ0) is 25.7. The number of nitrogen functional groups attached to an aromatic ring is 1. The molecule has 0 atom stereocenters. The smallest absolute Gasteiger partial charge is 0.342 e. The molecular weight excluding hydrogens is 482 g/mol. The van der Waals surface area contributed by atoms with Crippen LogP contribution < -0.4 is 17.0 Å². The van der Waals surface area contributed by atoms with Gasteiger partial charge in [-0.05, 0) is 23.8 Å². The molecule has 3 rings (SSSR count). The van der Waals surface area contributed by atoms with Gasteiger partial charge in [0.1, 0.15) is 29.2 Å². The summed E-state index contributed by atoms with van der Waals surface area (Å²) in [4.78, 5) is 62.9. The molecule has 0 saturated heterocycles. The van der Waals surface area contributed by atoms with E-state index in [-0.39, 0.29) is 17.1 Å². The number of methoxy groups -OCH3 is 1. The van der Waals surface area contributed by atoms with Crippen LogP contribution in [0.25, 0.3) is 0 Å². The van der Waals surface area contributed by atoms with Gasteiger partial charge in [0.25, 0.3) is 5.56 Å². The van der Waals surface area contributed by atoms with Crippen molar-refractivity contribution in [2.75, 3.05) is 19.5 Å². The number of halogens is 1. The number of ether oxygens (including phenoxy) is 2. The lowest BCUT2D eigenvalue weighted by Crippen LogP contribution is -2.46. The Morgan fingerprint density at radius 1 is 1.06 bits per heavy atom. The van der Waals surface area contributed by atoms with Crippen LogP contribution in [-0.2, 0) is 27.4 Å². The topological polar surface area (TPSA) is 160 Å². The van der Waals surface area contributed by atoms with E-state index in [0.29, 0.717) is 10.1 Å². The molecule has 3 N–H and O–H groups in total. The fourth-order valence-corrected chi connectivity index (χ4v) is 3.35. The van der Waals surface area contributed by atoms with Gasteiger partial charge in [0.15, 0.2) is 6.61 Å². The van der Waals surface area contributed by atoms with E-state index in [9.17, 15) is 29.1 Å². The van der Waals surface area contributed by atoms with E-state index in [1.165, 1.54) is 12.1 Å². The van der Waals surface area contributed by atoms with Crippen LogP contribution in [0.2, 0.25) is 5.02 Å². The van der Waals surface area contributed by atoms with Crippen molar-refractivity contribution in [2.45, 2.75) is 13.1 Å². The molecule has 0 radical (unpaired) electrons. The third-order valence-electron chi connectivity index (χ3n) is 4.96. The molecule has 12 heteroatoms. The van der Waals surface area contributed by atoms with Gasteiger partial charge in [-0.25, -0.2) is 14.2 Å². The van der Waals surface area contributed by atoms with Crippen LogP contribution in [0.4, 0.5) is 5.82 Å². The van der Waals surface area contributed by atoms with Gasteiger partial charge in [-0.2, -0.15) is 0 Å². The van der Waals surface area contributed by atoms with Crippen molar-refractivity contribution in [3.05, 3.63) is 91.1 Å². The Hall–Kier alpha value is -4.38. The minimum absolute atomic E-state index is 0.105. The van der Waals surface area contributed by atoms with Gasteiger partial charge in [0.2, 0.25) is 5.78 Å². The summed E-state index contributed by atoms with van der Waals surface area (Å²) in [7, 11) is 1.07. The molecule has 35 heavy (non-hydrogen) atoms. The highest BCUT2D eigenvalue weighted by atomic mass is 35.5. The average Bonchev–Trinajstić information content (AvgIpc) is 2.83. The van der Waals surface area contributed by atoms with Gasteiger partial charge >= 0.3 is 17.6 Å². The molecule has 0 bridgehead atoms. The first-order chi connectivity index (χ1) is 16.6. The zero-order valence-corrected chi connectivity index (χ0v) is 19.2. The summed E-state index contributed by atoms with van der Waals surface area (Å²) in [6.07, 6.45) is 0. The first kappa shape index (κ1) is 25.2. The summed E-state index contributed by atoms with van der Waals surface area (Å²) in [5.74, 6) is -3.90. The molecule has 0 fully saturated rings. The van der Waals surface area contributed by atoms with E-state index in [2.05, 4.69) is 4.74 Å². The lowest BCUT2D eigenvalue weighted by Gasteiger charge is -2.16. The van der Waals surface area contributed by atoms with E-state index in [0.717, 1.165) is 17.7 Å². The van der Waals surface area contributed by atoms with E-state index < -0.39 is 59.3 Å². The molecule has 0 spiro atoms. The Labute approximate surface area is 202 Å². The number of aromatic nitrogens is 2. The predicted molar refractivity (Wildman–Crippen MR) is 125 cm³/mol. The van der Waals surface area contributed by atoms with Crippen LogP contribution in [0.15, 0.2) is 58.1 Å². The van der Waals surface area contributed by atoms with E-state index in [1.807, 2.05) is 0 Å². The Morgan fingerprint density at radius 3 is 2.37 bits per heavy atom. The van der Waals surface area contributed by atoms with Gasteiger partial charge in [0.05, 0.1) is 13.7 Å². The fraction of sp³-hybridized carbons (Fsp3) is 0.174. The van der Waals surface area contributed by atoms with Crippen molar-refractivity contribution in [2.24, 2.45) is 0 Å². The largest absolute Gasteiger partial charge is 0.507 e. The molecule has 0 aliphatic carbocycles. The number of nitrogens with zero attached hydrogens (tertiary/aromatic N) is 2. The minimum atomic E-state index is -1.14. The van der Waals surface area contributed by atoms with Crippen LogP contribution in [0, 0.1) is 0 Å². The number of esters is 2. The summed E-state index contributed by atoms with van der Waals surface area (Å²) in [6.45, 7) is -1.80. The Morgan fingerprint density at radius 2 is 1.74 bits per heavy atom. The molecule has 3 aromatic rings. The minimum Gasteiger partial charge on any atom is -0.507 e. The number of carbonyl (C=O) groups excluding carboxylic acids is 3. The van der Waals surface area contributed by atoms with Crippen LogP contribution >= 0.6 is 11.6 Å². The maximum absolute atomic E-state index is 13.0. The SMILES string of the molecule is COC(=O)Cn1c(=O)c(C(=O)COC(=O)c2ccc(Cl)cc2O)c(N)n(Cc2ccccc2)c1=O. The number of hydrogen-bond donors (Lipinski definition) is 2. The highest BCUT2D eigenvalue weighted by molar-refractivity contribution is 6.30. The number of Topliss-reactive ketones (excluding diaryl/α,β-unsaturated/α-hetero) is 1. The third kappa shape index (κ3) is 5.58. The number of hydrogen-bond acceptors (Lipinski definition) is 9. The maximum Gasteiger partial charge on any atom is 0.342 e. The maximum atomic E-state index is 13.0. The van der Waals surface area contributed by atoms with E-state index in [1.54, 1.807) is 30.3 Å². The van der Waals surface area contributed by atoms with Crippen molar-refractivity contribution < 1.29 is 29.0 Å². The molecular formula is C23H20ClN3O8. The number of benzene rings is 2. The van der Waals surface area contributed by atoms with Crippen molar-refractivity contribution >= 4 is 35.1 Å². The molecule has 0 unspecified atom stereocenters. The molecule has 0 amide bonds. The molecule has 11 nitrogen and oxygen atoms in total. The lowest BCUT2D eigenvalue weighted by atomic mass is 10.1. The van der Waals surface area contributed by atoms with Crippen LogP contribution in [0.1, 0.15) is 26.3 Å². The average molecular weight is 502 g/mol. The summed E-state index contributed by atoms with van der Waals surface area (Å²) in [6, 6.07) is 12.2. The Kier molecular flexibility index (Phi) is 7.72. The van der Waals surface area contributed by atoms with Crippen LogP contribution in [0.5, 0.6) is 5.75 Å². The highest BCUT2D eigenvalue weighted by Crippen LogP contribution is 2.22. The quantitative estimate of drug-likeness (QED) is 0.341. The number of aromatic hydroxyl groups is 1.